The fourth-order valence-electron chi connectivity index (χ4n) is 4.09. The molecule has 0 aromatic heterocycles. The van der Waals surface area contributed by atoms with Crippen LogP contribution < -0.4 is 9.84 Å². The zero-order valence-corrected chi connectivity index (χ0v) is 15.8. The van der Waals surface area contributed by atoms with Crippen LogP contribution in [0.2, 0.25) is 0 Å². The number of aliphatic carboxylic acids is 1. The highest BCUT2D eigenvalue weighted by Gasteiger charge is 2.53. The Balaban J connectivity index is 1.56. The minimum absolute atomic E-state index is 0.110. The number of ether oxygens (including phenoxy) is 2. The Morgan fingerprint density at radius 3 is 2.32 bits per heavy atom. The molecule has 150 valence electrons. The lowest BCUT2D eigenvalue weighted by Gasteiger charge is -2.45. The third-order valence-electron chi connectivity index (χ3n) is 5.87. The van der Waals surface area contributed by atoms with Gasteiger partial charge in [0.05, 0.1) is 25.7 Å². The summed E-state index contributed by atoms with van der Waals surface area (Å²) in [6, 6.07) is 5.36. The second kappa shape index (κ2) is 7.09. The maximum absolute atomic E-state index is 13.2. The van der Waals surface area contributed by atoms with E-state index in [2.05, 4.69) is 0 Å². The van der Waals surface area contributed by atoms with Crippen molar-refractivity contribution in [2.75, 3.05) is 26.8 Å². The van der Waals surface area contributed by atoms with Crippen LogP contribution in [0.3, 0.4) is 0 Å². The molecule has 1 saturated carbocycles. The molecule has 2 heterocycles. The van der Waals surface area contributed by atoms with Gasteiger partial charge in [-0.1, -0.05) is 0 Å². The summed E-state index contributed by atoms with van der Waals surface area (Å²) in [4.78, 5) is 40.3. The van der Waals surface area contributed by atoms with Crippen LogP contribution in [-0.4, -0.2) is 66.2 Å². The summed E-state index contributed by atoms with van der Waals surface area (Å²) in [7, 11) is 1.53. The first-order valence-electron chi connectivity index (χ1n) is 9.56. The van der Waals surface area contributed by atoms with E-state index in [1.165, 1.54) is 12.0 Å². The topological polar surface area (TPSA) is 99.2 Å². The summed E-state index contributed by atoms with van der Waals surface area (Å²) < 4.78 is 11.0. The smallest absolute Gasteiger partial charge is 0.256 e. The van der Waals surface area contributed by atoms with Crippen molar-refractivity contribution >= 4 is 17.8 Å². The minimum atomic E-state index is -1.34. The van der Waals surface area contributed by atoms with Gasteiger partial charge in [0.15, 0.2) is 0 Å². The Morgan fingerprint density at radius 1 is 1.14 bits per heavy atom. The van der Waals surface area contributed by atoms with Gasteiger partial charge in [-0.25, -0.2) is 0 Å². The number of benzene rings is 1. The Hall–Kier alpha value is -2.61. The van der Waals surface area contributed by atoms with E-state index in [-0.39, 0.29) is 18.4 Å². The molecule has 0 unspecified atom stereocenters. The van der Waals surface area contributed by atoms with Gasteiger partial charge >= 0.3 is 0 Å². The fourth-order valence-corrected chi connectivity index (χ4v) is 4.09. The SMILES string of the molecule is COc1ccc(C(=O)N2[C@@H](C(=O)[O-])COC23CCN(C(=O)C2CC2)CC3)cc1. The average Bonchev–Trinajstić information content (AvgIpc) is 3.50. The second-order valence-electron chi connectivity index (χ2n) is 7.60. The molecule has 2 aliphatic heterocycles. The molecule has 28 heavy (non-hydrogen) atoms. The molecule has 4 rings (SSSR count). The highest BCUT2D eigenvalue weighted by atomic mass is 16.5. The quantitative estimate of drug-likeness (QED) is 0.722. The molecule has 0 bridgehead atoms. The van der Waals surface area contributed by atoms with Crippen LogP contribution >= 0.6 is 0 Å². The number of piperidine rings is 1. The van der Waals surface area contributed by atoms with E-state index in [4.69, 9.17) is 9.47 Å². The van der Waals surface area contributed by atoms with Crippen molar-refractivity contribution < 1.29 is 29.0 Å². The normalized spacial score (nSPS) is 23.7. The summed E-state index contributed by atoms with van der Waals surface area (Å²) in [5, 5.41) is 11.7. The van der Waals surface area contributed by atoms with Gasteiger partial charge in [0, 0.05) is 37.4 Å². The fraction of sp³-hybridized carbons (Fsp3) is 0.550. The van der Waals surface area contributed by atoms with Crippen molar-refractivity contribution in [3.05, 3.63) is 29.8 Å². The van der Waals surface area contributed by atoms with E-state index < -0.39 is 23.6 Å². The first-order valence-corrected chi connectivity index (χ1v) is 9.56. The third-order valence-corrected chi connectivity index (χ3v) is 5.87. The molecule has 8 nitrogen and oxygen atoms in total. The van der Waals surface area contributed by atoms with Crippen LogP contribution in [0, 0.1) is 5.92 Å². The molecule has 1 aromatic carbocycles. The zero-order valence-electron chi connectivity index (χ0n) is 15.8. The van der Waals surface area contributed by atoms with Gasteiger partial charge < -0.3 is 24.3 Å². The molecule has 0 N–H and O–H groups in total. The Bertz CT molecular complexity index is 780. The molecule has 1 spiro atoms. The molecule has 1 aliphatic carbocycles. The van der Waals surface area contributed by atoms with Crippen LogP contribution in [0.4, 0.5) is 0 Å². The lowest BCUT2D eigenvalue weighted by Crippen LogP contribution is -2.60. The average molecular weight is 387 g/mol. The molecule has 1 aromatic rings. The predicted molar refractivity (Wildman–Crippen MR) is 95.2 cm³/mol. The van der Waals surface area contributed by atoms with Crippen LogP contribution in [-0.2, 0) is 14.3 Å². The lowest BCUT2D eigenvalue weighted by molar-refractivity contribution is -0.310. The zero-order chi connectivity index (χ0) is 19.9. The van der Waals surface area contributed by atoms with Gasteiger partial charge in [-0.15, -0.1) is 0 Å². The van der Waals surface area contributed by atoms with E-state index in [0.29, 0.717) is 37.2 Å². The van der Waals surface area contributed by atoms with Gasteiger partial charge in [-0.2, -0.15) is 0 Å². The van der Waals surface area contributed by atoms with Crippen molar-refractivity contribution in [1.29, 1.82) is 0 Å². The lowest BCUT2D eigenvalue weighted by atomic mass is 9.96. The standard InChI is InChI=1S/C20H24N2O6/c1-27-15-6-4-14(5-7-15)18(24)22-16(19(25)26)12-28-20(22)8-10-21(11-9-20)17(23)13-2-3-13/h4-7,13,16H,2-3,8-12H2,1H3,(H,25,26)/p-1/t16-/m1/s1. The van der Waals surface area contributed by atoms with Crippen molar-refractivity contribution in [3.8, 4) is 5.75 Å². The predicted octanol–water partition coefficient (Wildman–Crippen LogP) is 0.0148. The third kappa shape index (κ3) is 3.22. The molecular weight excluding hydrogens is 364 g/mol. The molecule has 0 radical (unpaired) electrons. The maximum atomic E-state index is 13.2. The highest BCUT2D eigenvalue weighted by molar-refractivity contribution is 5.97. The Kier molecular flexibility index (Phi) is 4.74. The Labute approximate surface area is 163 Å². The van der Waals surface area contributed by atoms with E-state index in [1.54, 1.807) is 29.2 Å². The van der Waals surface area contributed by atoms with Crippen LogP contribution in [0.1, 0.15) is 36.0 Å². The molecule has 8 heteroatoms. The maximum Gasteiger partial charge on any atom is 0.256 e. The summed E-state index contributed by atoms with van der Waals surface area (Å²) >= 11 is 0. The number of methoxy groups -OCH3 is 1. The number of hydrogen-bond acceptors (Lipinski definition) is 6. The molecule has 2 amide bonds. The van der Waals surface area contributed by atoms with Crippen molar-refractivity contribution in [2.24, 2.45) is 5.92 Å². The summed E-state index contributed by atoms with van der Waals surface area (Å²) in [5.74, 6) is -0.872. The van der Waals surface area contributed by atoms with Gasteiger partial charge in [0.25, 0.3) is 5.91 Å². The van der Waals surface area contributed by atoms with E-state index in [9.17, 15) is 19.5 Å². The molecule has 3 fully saturated rings. The van der Waals surface area contributed by atoms with Crippen molar-refractivity contribution in [3.63, 3.8) is 0 Å². The van der Waals surface area contributed by atoms with E-state index >= 15 is 0 Å². The number of rotatable bonds is 4. The van der Waals surface area contributed by atoms with Crippen LogP contribution in [0.5, 0.6) is 5.75 Å². The van der Waals surface area contributed by atoms with Gasteiger partial charge in [0.2, 0.25) is 5.91 Å². The molecule has 3 aliphatic rings. The van der Waals surface area contributed by atoms with Crippen molar-refractivity contribution in [2.45, 2.75) is 37.5 Å². The van der Waals surface area contributed by atoms with Gasteiger partial charge in [0.1, 0.15) is 11.5 Å². The monoisotopic (exact) mass is 387 g/mol. The summed E-state index contributed by atoms with van der Waals surface area (Å²) in [5.41, 5.74) is -0.671. The molecule has 1 atom stereocenters. The van der Waals surface area contributed by atoms with Crippen LogP contribution in [0.25, 0.3) is 0 Å². The molecular formula is C20H23N2O6-. The number of nitrogens with zero attached hydrogens (tertiary/aromatic N) is 2. The van der Waals surface area contributed by atoms with Gasteiger partial charge in [-0.3, -0.25) is 14.5 Å². The minimum Gasteiger partial charge on any atom is -0.548 e. The first kappa shape index (κ1) is 18.7. The highest BCUT2D eigenvalue weighted by Crippen LogP contribution is 2.40. The Morgan fingerprint density at radius 2 is 1.79 bits per heavy atom. The number of carbonyl (C=O) groups is 3. The summed E-state index contributed by atoms with van der Waals surface area (Å²) in [6.07, 6.45) is 2.64. The van der Waals surface area contributed by atoms with Crippen LogP contribution in [0.15, 0.2) is 24.3 Å². The number of carbonyl (C=O) groups excluding carboxylic acids is 3. The first-order chi connectivity index (χ1) is 13.4. The van der Waals surface area contributed by atoms with E-state index in [1.807, 2.05) is 0 Å². The van der Waals surface area contributed by atoms with E-state index in [0.717, 1.165) is 12.8 Å². The van der Waals surface area contributed by atoms with Crippen molar-refractivity contribution in [1.82, 2.24) is 9.80 Å². The summed E-state index contributed by atoms with van der Waals surface area (Å²) in [6.45, 7) is 0.782. The number of hydrogen-bond donors (Lipinski definition) is 0. The number of likely N-dealkylation sites (tertiary alicyclic amines) is 1. The number of amides is 2. The largest absolute Gasteiger partial charge is 0.548 e. The number of carboxylic acids is 1. The second-order valence-corrected chi connectivity index (χ2v) is 7.60. The molecule has 2 saturated heterocycles. The number of carboxylic acid groups (broad SMARTS) is 1. The van der Waals surface area contributed by atoms with Gasteiger partial charge in [-0.05, 0) is 37.1 Å².